The zero-order valence-electron chi connectivity index (χ0n) is 15.6. The molecule has 0 radical (unpaired) electrons. The Morgan fingerprint density at radius 2 is 1.54 bits per heavy atom. The Labute approximate surface area is 168 Å². The van der Waals surface area contributed by atoms with Crippen LogP contribution in [-0.2, 0) is 14.2 Å². The molecule has 1 heterocycles. The van der Waals surface area contributed by atoms with Gasteiger partial charge >= 0.3 is 0 Å². The third-order valence-electron chi connectivity index (χ3n) is 3.46. The van der Waals surface area contributed by atoms with Gasteiger partial charge in [0.2, 0.25) is 0 Å². The molecule has 0 saturated heterocycles. The minimum Gasteiger partial charge on any atom is -0.491 e. The molecule has 150 valence electrons. The van der Waals surface area contributed by atoms with E-state index in [1.54, 1.807) is 12.1 Å². The van der Waals surface area contributed by atoms with E-state index in [1.807, 2.05) is 36.4 Å². The smallest absolute Gasteiger partial charge is 0.261 e. The number of carbonyl (C=O) groups excluding carboxylic acids is 1. The molecule has 0 spiro atoms. The van der Waals surface area contributed by atoms with Crippen LogP contribution < -0.4 is 10.1 Å². The molecule has 1 aromatic heterocycles. The fraction of sp³-hybridized carbons (Fsp3) is 0.400. The first-order chi connectivity index (χ1) is 13.8. The second-order valence-electron chi connectivity index (χ2n) is 5.53. The van der Waals surface area contributed by atoms with Crippen molar-refractivity contribution in [2.75, 3.05) is 52.8 Å². The monoisotopic (exact) mass is 404 g/mol. The van der Waals surface area contributed by atoms with Crippen LogP contribution >= 0.6 is 11.3 Å². The minimum atomic E-state index is -0.195. The Kier molecular flexibility index (Phi) is 10.7. The summed E-state index contributed by atoms with van der Waals surface area (Å²) < 4.78 is 21.7. The van der Waals surface area contributed by atoms with Crippen molar-refractivity contribution in [1.82, 2.24) is 5.32 Å². The molecule has 1 aromatic carbocycles. The molecule has 2 aromatic rings. The highest BCUT2D eigenvalue weighted by molar-refractivity contribution is 7.14. The van der Waals surface area contributed by atoms with Crippen molar-refractivity contribution in [3.63, 3.8) is 0 Å². The first-order valence-electron chi connectivity index (χ1n) is 8.99. The number of benzene rings is 1. The van der Waals surface area contributed by atoms with Gasteiger partial charge in [0.25, 0.3) is 5.91 Å². The number of hydrogen-bond donors (Lipinski definition) is 1. The van der Waals surface area contributed by atoms with Gasteiger partial charge in [-0.05, 0) is 24.3 Å². The Balaban J connectivity index is 1.34. The maximum atomic E-state index is 11.8. The van der Waals surface area contributed by atoms with E-state index in [4.69, 9.17) is 24.2 Å². The van der Waals surface area contributed by atoms with Crippen LogP contribution in [0.3, 0.4) is 0 Å². The van der Waals surface area contributed by atoms with E-state index in [0.717, 1.165) is 5.75 Å². The van der Waals surface area contributed by atoms with E-state index >= 15 is 0 Å². The van der Waals surface area contributed by atoms with Crippen molar-refractivity contribution in [3.8, 4) is 11.8 Å². The number of amides is 1. The van der Waals surface area contributed by atoms with Crippen LogP contribution in [0.25, 0.3) is 0 Å². The van der Waals surface area contributed by atoms with Crippen molar-refractivity contribution in [2.24, 2.45) is 0 Å². The molecular formula is C20H24N2O5S. The molecule has 0 aliphatic heterocycles. The second kappa shape index (κ2) is 13.7. The third kappa shape index (κ3) is 8.97. The van der Waals surface area contributed by atoms with Gasteiger partial charge in [-0.15, -0.1) is 11.3 Å². The highest BCUT2D eigenvalue weighted by atomic mass is 32.1. The minimum absolute atomic E-state index is 0.195. The van der Waals surface area contributed by atoms with Gasteiger partial charge in [0, 0.05) is 6.54 Å². The molecular weight excluding hydrogens is 380 g/mol. The van der Waals surface area contributed by atoms with Gasteiger partial charge in [0.1, 0.15) is 23.3 Å². The first-order valence-corrected chi connectivity index (χ1v) is 9.80. The van der Waals surface area contributed by atoms with Crippen LogP contribution in [0.4, 0.5) is 0 Å². The summed E-state index contributed by atoms with van der Waals surface area (Å²) in [5, 5.41) is 11.5. The summed E-state index contributed by atoms with van der Waals surface area (Å²) in [4.78, 5) is 12.9. The van der Waals surface area contributed by atoms with E-state index in [2.05, 4.69) is 5.32 Å². The highest BCUT2D eigenvalue weighted by Gasteiger charge is 2.08. The Morgan fingerprint density at radius 1 is 0.893 bits per heavy atom. The largest absolute Gasteiger partial charge is 0.491 e. The van der Waals surface area contributed by atoms with Gasteiger partial charge < -0.3 is 24.3 Å². The topological polar surface area (TPSA) is 89.8 Å². The summed E-state index contributed by atoms with van der Waals surface area (Å²) in [7, 11) is 0. The summed E-state index contributed by atoms with van der Waals surface area (Å²) in [5.74, 6) is 0.637. The summed E-state index contributed by atoms with van der Waals surface area (Å²) >= 11 is 1.17. The highest BCUT2D eigenvalue weighted by Crippen LogP contribution is 2.14. The third-order valence-corrected chi connectivity index (χ3v) is 4.44. The Bertz CT molecular complexity index is 730. The summed E-state index contributed by atoms with van der Waals surface area (Å²) in [6.07, 6.45) is 0. The quantitative estimate of drug-likeness (QED) is 0.487. The molecule has 0 aliphatic rings. The average Bonchev–Trinajstić information content (AvgIpc) is 3.21. The van der Waals surface area contributed by atoms with Crippen molar-refractivity contribution in [1.29, 1.82) is 5.26 Å². The van der Waals surface area contributed by atoms with Crippen LogP contribution in [-0.4, -0.2) is 58.7 Å². The zero-order valence-corrected chi connectivity index (χ0v) is 16.4. The number of thiophene rings is 1. The molecule has 28 heavy (non-hydrogen) atoms. The molecule has 0 unspecified atom stereocenters. The SMILES string of the molecule is N#Cc1ccc(C(=O)NCCOCCOCCOCCOc2ccccc2)s1. The lowest BCUT2D eigenvalue weighted by molar-refractivity contribution is 0.00988. The number of carbonyl (C=O) groups is 1. The molecule has 0 bridgehead atoms. The molecule has 1 amide bonds. The van der Waals surface area contributed by atoms with E-state index in [-0.39, 0.29) is 5.91 Å². The number of rotatable bonds is 14. The predicted molar refractivity (Wildman–Crippen MR) is 106 cm³/mol. The Hall–Kier alpha value is -2.44. The number of ether oxygens (including phenoxy) is 4. The van der Waals surface area contributed by atoms with Crippen LogP contribution in [0.5, 0.6) is 5.75 Å². The van der Waals surface area contributed by atoms with Crippen LogP contribution in [0.2, 0.25) is 0 Å². The summed E-state index contributed by atoms with van der Waals surface area (Å²) in [5.41, 5.74) is 0. The lowest BCUT2D eigenvalue weighted by Gasteiger charge is -2.08. The van der Waals surface area contributed by atoms with E-state index in [1.165, 1.54) is 11.3 Å². The molecule has 1 N–H and O–H groups in total. The first kappa shape index (κ1) is 21.9. The van der Waals surface area contributed by atoms with Gasteiger partial charge in [-0.3, -0.25) is 4.79 Å². The van der Waals surface area contributed by atoms with Gasteiger partial charge in [-0.1, -0.05) is 18.2 Å². The van der Waals surface area contributed by atoms with Crippen LogP contribution in [0.1, 0.15) is 14.5 Å². The summed E-state index contributed by atoms with van der Waals surface area (Å²) in [6, 6.07) is 14.9. The normalized spacial score (nSPS) is 10.4. The van der Waals surface area contributed by atoms with Crippen molar-refractivity contribution in [3.05, 3.63) is 52.2 Å². The standard InChI is InChI=1S/C20H24N2O5S/c21-16-18-6-7-19(28-18)20(23)22-8-9-24-10-11-25-12-13-26-14-15-27-17-4-2-1-3-5-17/h1-7H,8-15H2,(H,22,23). The lowest BCUT2D eigenvalue weighted by Crippen LogP contribution is -2.27. The second-order valence-corrected chi connectivity index (χ2v) is 6.61. The van der Waals surface area contributed by atoms with Crippen molar-refractivity contribution >= 4 is 17.2 Å². The van der Waals surface area contributed by atoms with Crippen LogP contribution in [0.15, 0.2) is 42.5 Å². The molecule has 0 fully saturated rings. The predicted octanol–water partition coefficient (Wildman–Crippen LogP) is 2.48. The lowest BCUT2D eigenvalue weighted by atomic mass is 10.3. The number of hydrogen-bond acceptors (Lipinski definition) is 7. The number of para-hydroxylation sites is 1. The van der Waals surface area contributed by atoms with Gasteiger partial charge in [-0.25, -0.2) is 0 Å². The fourth-order valence-corrected chi connectivity index (χ4v) is 2.84. The van der Waals surface area contributed by atoms with E-state index in [9.17, 15) is 4.79 Å². The average molecular weight is 404 g/mol. The Morgan fingerprint density at radius 3 is 2.18 bits per heavy atom. The molecule has 0 aliphatic carbocycles. The van der Waals surface area contributed by atoms with Crippen molar-refractivity contribution < 1.29 is 23.7 Å². The number of nitrogens with zero attached hydrogens (tertiary/aromatic N) is 1. The van der Waals surface area contributed by atoms with Crippen LogP contribution in [0, 0.1) is 11.3 Å². The van der Waals surface area contributed by atoms with Gasteiger partial charge in [0.05, 0.1) is 44.5 Å². The van der Waals surface area contributed by atoms with Gasteiger partial charge in [-0.2, -0.15) is 5.26 Å². The molecule has 2 rings (SSSR count). The van der Waals surface area contributed by atoms with Crippen molar-refractivity contribution in [2.45, 2.75) is 0 Å². The fourth-order valence-electron chi connectivity index (χ4n) is 2.12. The summed E-state index contributed by atoms with van der Waals surface area (Å²) in [6.45, 7) is 3.72. The number of nitrogens with one attached hydrogen (secondary N) is 1. The van der Waals surface area contributed by atoms with Gasteiger partial charge in [0.15, 0.2) is 0 Å². The van der Waals surface area contributed by atoms with E-state index in [0.29, 0.717) is 62.5 Å². The molecule has 0 atom stereocenters. The number of nitriles is 1. The maximum Gasteiger partial charge on any atom is 0.261 e. The molecule has 8 heteroatoms. The maximum absolute atomic E-state index is 11.8. The molecule has 0 saturated carbocycles. The van der Waals surface area contributed by atoms with E-state index < -0.39 is 0 Å². The zero-order chi connectivity index (χ0) is 19.9. The molecule has 7 nitrogen and oxygen atoms in total.